The number of carbonyl (C=O) groups is 2. The summed E-state index contributed by atoms with van der Waals surface area (Å²) in [7, 11) is 0. The normalized spacial score (nSPS) is 14.7. The Balaban J connectivity index is 1.55. The molecule has 1 aromatic carbocycles. The van der Waals surface area contributed by atoms with Gasteiger partial charge in [0.2, 0.25) is 11.8 Å². The van der Waals surface area contributed by atoms with Gasteiger partial charge in [0.05, 0.1) is 16.9 Å². The van der Waals surface area contributed by atoms with Crippen LogP contribution in [0.4, 0.5) is 10.1 Å². The molecule has 0 saturated carbocycles. The lowest BCUT2D eigenvalue weighted by Crippen LogP contribution is -2.52. The van der Waals surface area contributed by atoms with E-state index in [0.29, 0.717) is 19.5 Å². The Morgan fingerprint density at radius 3 is 2.80 bits per heavy atom. The Kier molecular flexibility index (Phi) is 5.28. The summed E-state index contributed by atoms with van der Waals surface area (Å²) in [6.45, 7) is 0.972. The van der Waals surface area contributed by atoms with Gasteiger partial charge in [-0.3, -0.25) is 14.6 Å². The largest absolute Gasteiger partial charge is 0.332 e. The number of amides is 2. The van der Waals surface area contributed by atoms with E-state index in [0.717, 1.165) is 11.3 Å². The maximum atomic E-state index is 13.2. The van der Waals surface area contributed by atoms with Gasteiger partial charge in [-0.05, 0) is 36.2 Å². The van der Waals surface area contributed by atoms with Crippen molar-refractivity contribution in [2.24, 2.45) is 0 Å². The van der Waals surface area contributed by atoms with Gasteiger partial charge in [0.15, 0.2) is 0 Å². The summed E-state index contributed by atoms with van der Waals surface area (Å²) in [5.41, 5.74) is 1.53. The van der Waals surface area contributed by atoms with E-state index in [-0.39, 0.29) is 29.8 Å². The molecule has 25 heavy (non-hydrogen) atoms. The van der Waals surface area contributed by atoms with Gasteiger partial charge in [-0.15, -0.1) is 0 Å². The molecule has 0 unspecified atom stereocenters. The number of carbonyl (C=O) groups excluding carboxylic acids is 2. The van der Waals surface area contributed by atoms with Gasteiger partial charge in [-0.2, -0.15) is 0 Å². The Morgan fingerprint density at radius 1 is 1.28 bits per heavy atom. The number of aryl methyl sites for hydroxylation is 1. The summed E-state index contributed by atoms with van der Waals surface area (Å²) >= 11 is 5.75. The van der Waals surface area contributed by atoms with Gasteiger partial charge in [0.25, 0.3) is 0 Å². The minimum Gasteiger partial charge on any atom is -0.332 e. The van der Waals surface area contributed by atoms with Crippen LogP contribution in [0, 0.1) is 5.82 Å². The lowest BCUT2D eigenvalue weighted by Gasteiger charge is -2.34. The molecule has 1 aliphatic rings. The Labute approximate surface area is 150 Å². The van der Waals surface area contributed by atoms with Crippen LogP contribution in [-0.4, -0.2) is 41.3 Å². The van der Waals surface area contributed by atoms with Crippen molar-refractivity contribution in [3.05, 3.63) is 59.1 Å². The van der Waals surface area contributed by atoms with Crippen LogP contribution in [0.25, 0.3) is 0 Å². The highest BCUT2D eigenvalue weighted by Gasteiger charge is 2.27. The molecule has 2 aromatic rings. The number of pyridine rings is 1. The molecule has 2 amide bonds. The standard InChI is InChI=1S/C18H17ClFN3O2/c19-15-10-13(3-5-16(15)20)4-6-17(24)22-8-9-23(18(25)12-22)14-2-1-7-21-11-14/h1-3,5,7,10-11H,4,6,8-9,12H2. The number of aromatic nitrogens is 1. The molecule has 0 radical (unpaired) electrons. The van der Waals surface area contributed by atoms with Crippen molar-refractivity contribution < 1.29 is 14.0 Å². The maximum absolute atomic E-state index is 13.2. The van der Waals surface area contributed by atoms with Crippen LogP contribution >= 0.6 is 11.6 Å². The zero-order chi connectivity index (χ0) is 17.8. The second kappa shape index (κ2) is 7.61. The minimum absolute atomic E-state index is 0.0465. The second-order valence-corrected chi connectivity index (χ2v) is 6.23. The summed E-state index contributed by atoms with van der Waals surface area (Å²) in [5, 5.41) is 0.0465. The van der Waals surface area contributed by atoms with Crippen molar-refractivity contribution in [3.63, 3.8) is 0 Å². The number of hydrogen-bond donors (Lipinski definition) is 0. The van der Waals surface area contributed by atoms with E-state index < -0.39 is 5.82 Å². The van der Waals surface area contributed by atoms with Crippen LogP contribution < -0.4 is 4.90 Å². The smallest absolute Gasteiger partial charge is 0.246 e. The molecule has 0 N–H and O–H groups in total. The number of benzene rings is 1. The van der Waals surface area contributed by atoms with E-state index in [2.05, 4.69) is 4.98 Å². The zero-order valence-electron chi connectivity index (χ0n) is 13.5. The number of piperazine rings is 1. The number of halogens is 2. The van der Waals surface area contributed by atoms with Crippen molar-refractivity contribution in [2.45, 2.75) is 12.8 Å². The quantitative estimate of drug-likeness (QED) is 0.841. The number of nitrogens with zero attached hydrogens (tertiary/aromatic N) is 3. The fraction of sp³-hybridized carbons (Fsp3) is 0.278. The lowest BCUT2D eigenvalue weighted by molar-refractivity contribution is -0.136. The molecule has 5 nitrogen and oxygen atoms in total. The lowest BCUT2D eigenvalue weighted by atomic mass is 10.1. The average Bonchev–Trinajstić information content (AvgIpc) is 2.63. The molecule has 130 valence electrons. The van der Waals surface area contributed by atoms with Crippen LogP contribution in [0.2, 0.25) is 5.02 Å². The molecule has 2 heterocycles. The van der Waals surface area contributed by atoms with Gasteiger partial charge in [0, 0.05) is 25.7 Å². The number of anilines is 1. The molecule has 1 aliphatic heterocycles. The fourth-order valence-electron chi connectivity index (χ4n) is 2.78. The minimum atomic E-state index is -0.478. The molecule has 1 aromatic heterocycles. The monoisotopic (exact) mass is 361 g/mol. The van der Waals surface area contributed by atoms with Crippen molar-refractivity contribution in [3.8, 4) is 0 Å². The number of rotatable bonds is 4. The molecule has 0 atom stereocenters. The summed E-state index contributed by atoms with van der Waals surface area (Å²) in [5.74, 6) is -0.703. The first-order valence-corrected chi connectivity index (χ1v) is 8.34. The van der Waals surface area contributed by atoms with Crippen molar-refractivity contribution in [2.75, 3.05) is 24.5 Å². The van der Waals surface area contributed by atoms with Crippen LogP contribution in [0.3, 0.4) is 0 Å². The molecule has 7 heteroatoms. The van der Waals surface area contributed by atoms with Crippen LogP contribution in [0.15, 0.2) is 42.7 Å². The van der Waals surface area contributed by atoms with Crippen molar-refractivity contribution in [1.29, 1.82) is 0 Å². The van der Waals surface area contributed by atoms with Crippen LogP contribution in [-0.2, 0) is 16.0 Å². The topological polar surface area (TPSA) is 53.5 Å². The molecule has 0 bridgehead atoms. The van der Waals surface area contributed by atoms with E-state index in [1.165, 1.54) is 12.1 Å². The Hall–Kier alpha value is -2.47. The van der Waals surface area contributed by atoms with Gasteiger partial charge in [-0.25, -0.2) is 4.39 Å². The molecular weight excluding hydrogens is 345 g/mol. The highest BCUT2D eigenvalue weighted by molar-refractivity contribution is 6.30. The fourth-order valence-corrected chi connectivity index (χ4v) is 2.98. The maximum Gasteiger partial charge on any atom is 0.246 e. The van der Waals surface area contributed by atoms with Gasteiger partial charge in [0.1, 0.15) is 12.4 Å². The predicted molar refractivity (Wildman–Crippen MR) is 92.9 cm³/mol. The first-order valence-electron chi connectivity index (χ1n) is 7.96. The molecule has 3 rings (SSSR count). The molecular formula is C18H17ClFN3O2. The number of hydrogen-bond acceptors (Lipinski definition) is 3. The average molecular weight is 362 g/mol. The van der Waals surface area contributed by atoms with Gasteiger partial charge in [-0.1, -0.05) is 17.7 Å². The van der Waals surface area contributed by atoms with E-state index in [1.807, 2.05) is 6.07 Å². The summed E-state index contributed by atoms with van der Waals surface area (Å²) in [4.78, 5) is 31.9. The third-order valence-electron chi connectivity index (χ3n) is 4.14. The van der Waals surface area contributed by atoms with Gasteiger partial charge < -0.3 is 9.80 Å². The zero-order valence-corrected chi connectivity index (χ0v) is 14.2. The second-order valence-electron chi connectivity index (χ2n) is 5.82. The highest BCUT2D eigenvalue weighted by Crippen LogP contribution is 2.19. The van der Waals surface area contributed by atoms with E-state index >= 15 is 0 Å². The molecule has 0 spiro atoms. The van der Waals surface area contributed by atoms with Gasteiger partial charge >= 0.3 is 0 Å². The SMILES string of the molecule is O=C(CCc1ccc(F)c(Cl)c1)N1CCN(c2cccnc2)C(=O)C1. The van der Waals surface area contributed by atoms with E-state index in [9.17, 15) is 14.0 Å². The van der Waals surface area contributed by atoms with Crippen LogP contribution in [0.5, 0.6) is 0 Å². The molecule has 1 fully saturated rings. The van der Waals surface area contributed by atoms with E-state index in [4.69, 9.17) is 11.6 Å². The molecule has 0 aliphatic carbocycles. The third kappa shape index (κ3) is 4.14. The van der Waals surface area contributed by atoms with E-state index in [1.54, 1.807) is 34.3 Å². The Bertz CT molecular complexity index is 785. The van der Waals surface area contributed by atoms with Crippen molar-refractivity contribution >= 4 is 29.1 Å². The Morgan fingerprint density at radius 2 is 2.12 bits per heavy atom. The summed E-state index contributed by atoms with van der Waals surface area (Å²) in [6.07, 6.45) is 3.99. The first-order chi connectivity index (χ1) is 12.0. The first kappa shape index (κ1) is 17.4. The van der Waals surface area contributed by atoms with Crippen LogP contribution in [0.1, 0.15) is 12.0 Å². The molecule has 1 saturated heterocycles. The summed E-state index contributed by atoms with van der Waals surface area (Å²) in [6, 6.07) is 8.02. The van der Waals surface area contributed by atoms with Crippen molar-refractivity contribution in [1.82, 2.24) is 9.88 Å². The highest BCUT2D eigenvalue weighted by atomic mass is 35.5. The predicted octanol–water partition coefficient (Wildman–Crippen LogP) is 2.68. The third-order valence-corrected chi connectivity index (χ3v) is 4.43. The summed E-state index contributed by atoms with van der Waals surface area (Å²) < 4.78 is 13.2.